The van der Waals surface area contributed by atoms with Gasteiger partial charge in [0.1, 0.15) is 0 Å². The van der Waals surface area contributed by atoms with Crippen molar-refractivity contribution in [2.45, 2.75) is 116 Å². The minimum Gasteiger partial charge on any atom is -0.412 e. The van der Waals surface area contributed by atoms with Gasteiger partial charge in [-0.15, -0.1) is 0 Å². The number of nitrogens with zero attached hydrogens (tertiary/aromatic N) is 2. The SMILES string of the molecule is C1CCCCN2CCCCCCCCN(CCC1)CCCCCCCC2.O. The van der Waals surface area contributed by atoms with Gasteiger partial charge in [0, 0.05) is 0 Å². The average molecular weight is 383 g/mol. The summed E-state index contributed by atoms with van der Waals surface area (Å²) in [5.74, 6) is 0. The van der Waals surface area contributed by atoms with Crippen LogP contribution < -0.4 is 0 Å². The van der Waals surface area contributed by atoms with Crippen LogP contribution in [0.25, 0.3) is 0 Å². The Morgan fingerprint density at radius 3 is 0.556 bits per heavy atom. The van der Waals surface area contributed by atoms with Gasteiger partial charge in [-0.2, -0.15) is 0 Å². The molecule has 3 nitrogen and oxygen atoms in total. The first-order valence-electron chi connectivity index (χ1n) is 12.4. The second-order valence-electron chi connectivity index (χ2n) is 9.05. The molecule has 0 spiro atoms. The van der Waals surface area contributed by atoms with Crippen LogP contribution in [-0.4, -0.2) is 54.5 Å². The second-order valence-corrected chi connectivity index (χ2v) is 9.05. The van der Waals surface area contributed by atoms with E-state index in [1.807, 2.05) is 0 Å². The van der Waals surface area contributed by atoms with Gasteiger partial charge >= 0.3 is 0 Å². The predicted molar refractivity (Wildman–Crippen MR) is 120 cm³/mol. The summed E-state index contributed by atoms with van der Waals surface area (Å²) in [5, 5.41) is 0. The third-order valence-electron chi connectivity index (χ3n) is 6.60. The molecule has 0 aliphatic carbocycles. The van der Waals surface area contributed by atoms with Gasteiger partial charge in [-0.1, -0.05) is 77.0 Å². The van der Waals surface area contributed by atoms with E-state index in [-0.39, 0.29) is 5.48 Å². The van der Waals surface area contributed by atoms with E-state index in [2.05, 4.69) is 9.80 Å². The molecule has 3 heteroatoms. The Kier molecular flexibility index (Phi) is 16.6. The van der Waals surface area contributed by atoms with Gasteiger partial charge in [-0.05, 0) is 77.8 Å². The third-order valence-corrected chi connectivity index (χ3v) is 6.60. The summed E-state index contributed by atoms with van der Waals surface area (Å²) in [6.07, 6.45) is 26.2. The van der Waals surface area contributed by atoms with Gasteiger partial charge in [0.25, 0.3) is 0 Å². The maximum Gasteiger partial charge on any atom is -0.00187 e. The Morgan fingerprint density at radius 2 is 0.370 bits per heavy atom. The fourth-order valence-corrected chi connectivity index (χ4v) is 4.80. The summed E-state index contributed by atoms with van der Waals surface area (Å²) in [5.41, 5.74) is 0. The molecule has 0 radical (unpaired) electrons. The van der Waals surface area contributed by atoms with Crippen molar-refractivity contribution in [1.82, 2.24) is 9.80 Å². The molecule has 27 heavy (non-hydrogen) atoms. The number of hydrogen-bond donors (Lipinski definition) is 0. The predicted octanol–water partition coefficient (Wildman–Crippen LogP) is 5.81. The van der Waals surface area contributed by atoms with Gasteiger partial charge in [-0.3, -0.25) is 0 Å². The first-order chi connectivity index (χ1) is 12.9. The third kappa shape index (κ3) is 13.7. The van der Waals surface area contributed by atoms with E-state index in [9.17, 15) is 0 Å². The maximum atomic E-state index is 2.81. The van der Waals surface area contributed by atoms with Crippen molar-refractivity contribution < 1.29 is 5.48 Å². The van der Waals surface area contributed by atoms with Crippen LogP contribution in [0.15, 0.2) is 0 Å². The fourth-order valence-electron chi connectivity index (χ4n) is 4.80. The lowest BCUT2D eigenvalue weighted by Gasteiger charge is -2.24. The minimum absolute atomic E-state index is 0. The quantitative estimate of drug-likeness (QED) is 0.530. The summed E-state index contributed by atoms with van der Waals surface area (Å²) in [7, 11) is 0. The molecule has 2 bridgehead atoms. The molecule has 2 N–H and O–H groups in total. The molecule has 0 atom stereocenters. The van der Waals surface area contributed by atoms with Crippen molar-refractivity contribution in [2.24, 2.45) is 0 Å². The number of hydrogen-bond acceptors (Lipinski definition) is 2. The van der Waals surface area contributed by atoms with Crippen LogP contribution in [0, 0.1) is 0 Å². The molecule has 3 aliphatic rings. The van der Waals surface area contributed by atoms with Gasteiger partial charge in [0.15, 0.2) is 0 Å². The van der Waals surface area contributed by atoms with E-state index < -0.39 is 0 Å². The topological polar surface area (TPSA) is 38.0 Å². The molecule has 3 saturated heterocycles. The molecule has 0 aromatic carbocycles. The average Bonchev–Trinajstić information content (AvgIpc) is 2.65. The normalized spacial score (nSPS) is 29.3. The van der Waals surface area contributed by atoms with E-state index in [0.29, 0.717) is 0 Å². The molecule has 0 amide bonds. The highest BCUT2D eigenvalue weighted by Gasteiger charge is 2.08. The molecule has 3 heterocycles. The smallest absolute Gasteiger partial charge is 0.00187 e. The zero-order valence-corrected chi connectivity index (χ0v) is 18.4. The van der Waals surface area contributed by atoms with Crippen molar-refractivity contribution in [3.8, 4) is 0 Å². The van der Waals surface area contributed by atoms with Crippen LogP contribution in [0.4, 0.5) is 0 Å². The molecule has 0 saturated carbocycles. The van der Waals surface area contributed by atoms with E-state index in [4.69, 9.17) is 0 Å². The lowest BCUT2D eigenvalue weighted by atomic mass is 10.1. The summed E-state index contributed by atoms with van der Waals surface area (Å²) in [6, 6.07) is 0. The van der Waals surface area contributed by atoms with Crippen LogP contribution in [0.3, 0.4) is 0 Å². The van der Waals surface area contributed by atoms with Crippen LogP contribution in [0.2, 0.25) is 0 Å². The van der Waals surface area contributed by atoms with Crippen molar-refractivity contribution in [2.75, 3.05) is 39.3 Å². The summed E-state index contributed by atoms with van der Waals surface area (Å²) < 4.78 is 0. The zero-order valence-electron chi connectivity index (χ0n) is 18.4. The van der Waals surface area contributed by atoms with Crippen molar-refractivity contribution in [1.29, 1.82) is 0 Å². The Hall–Kier alpha value is -0.120. The molecule has 3 rings (SSSR count). The largest absolute Gasteiger partial charge is 0.412 e. The van der Waals surface area contributed by atoms with Crippen molar-refractivity contribution >= 4 is 0 Å². The molecule has 0 unspecified atom stereocenters. The molecular weight excluding hydrogens is 332 g/mol. The highest BCUT2D eigenvalue weighted by Crippen LogP contribution is 2.14. The standard InChI is InChI=1S/C24H48N2.H2O/c1-2-8-14-20-26-23-17-11-5-3-9-15-21-25(19-13-7-1)22-16-10-4-6-12-18-24-26;/h1-24H2;1H2. The molecule has 3 aliphatic heterocycles. The summed E-state index contributed by atoms with van der Waals surface area (Å²) in [6.45, 7) is 8.21. The lowest BCUT2D eigenvalue weighted by Crippen LogP contribution is -2.28. The van der Waals surface area contributed by atoms with Gasteiger partial charge in [-0.25, -0.2) is 0 Å². The van der Waals surface area contributed by atoms with E-state index in [1.165, 1.54) is 155 Å². The van der Waals surface area contributed by atoms with Crippen LogP contribution in [0.1, 0.15) is 116 Å². The van der Waals surface area contributed by atoms with E-state index >= 15 is 0 Å². The van der Waals surface area contributed by atoms with Gasteiger partial charge < -0.3 is 15.3 Å². The molecule has 0 aromatic rings. The monoisotopic (exact) mass is 382 g/mol. The molecule has 0 aromatic heterocycles. The lowest BCUT2D eigenvalue weighted by molar-refractivity contribution is 0.243. The molecule has 162 valence electrons. The van der Waals surface area contributed by atoms with Crippen LogP contribution in [0.5, 0.6) is 0 Å². The van der Waals surface area contributed by atoms with E-state index in [0.717, 1.165) is 0 Å². The van der Waals surface area contributed by atoms with Crippen LogP contribution >= 0.6 is 0 Å². The Morgan fingerprint density at radius 1 is 0.222 bits per heavy atom. The highest BCUT2D eigenvalue weighted by atomic mass is 16.0. The highest BCUT2D eigenvalue weighted by molar-refractivity contribution is 4.63. The Balaban J connectivity index is 0.00000364. The molecule has 3 fully saturated rings. The number of rotatable bonds is 0. The summed E-state index contributed by atoms with van der Waals surface area (Å²) in [4.78, 5) is 5.62. The fraction of sp³-hybridized carbons (Fsp3) is 1.00. The van der Waals surface area contributed by atoms with Gasteiger partial charge in [0.2, 0.25) is 0 Å². The van der Waals surface area contributed by atoms with Gasteiger partial charge in [0.05, 0.1) is 0 Å². The van der Waals surface area contributed by atoms with E-state index in [1.54, 1.807) is 0 Å². The first-order valence-corrected chi connectivity index (χ1v) is 12.4. The van der Waals surface area contributed by atoms with Crippen molar-refractivity contribution in [3.05, 3.63) is 0 Å². The van der Waals surface area contributed by atoms with Crippen LogP contribution in [-0.2, 0) is 0 Å². The maximum absolute atomic E-state index is 2.81. The zero-order chi connectivity index (χ0) is 18.1. The molecular formula is C24H50N2O. The first kappa shape index (κ1) is 24.9. The summed E-state index contributed by atoms with van der Waals surface area (Å²) >= 11 is 0. The Bertz CT molecular complexity index is 233. The Labute approximate surface area is 170 Å². The second kappa shape index (κ2) is 17.9. The minimum atomic E-state index is 0. The van der Waals surface area contributed by atoms with Crippen molar-refractivity contribution in [3.63, 3.8) is 0 Å². The number of fused-ring (bicyclic) bond motifs is 21.